The fourth-order valence-corrected chi connectivity index (χ4v) is 5.27. The van der Waals surface area contributed by atoms with Gasteiger partial charge in [-0.15, -0.1) is 0 Å². The molecule has 0 radical (unpaired) electrons. The highest BCUT2D eigenvalue weighted by atomic mass is 35.5. The van der Waals surface area contributed by atoms with Crippen LogP contribution in [0.1, 0.15) is 37.8 Å². The van der Waals surface area contributed by atoms with Crippen LogP contribution in [-0.2, 0) is 4.74 Å². The van der Waals surface area contributed by atoms with Crippen LogP contribution < -0.4 is 5.32 Å². The lowest BCUT2D eigenvalue weighted by molar-refractivity contribution is -0.0853. The average Bonchev–Trinajstić information content (AvgIpc) is 2.92. The van der Waals surface area contributed by atoms with Gasteiger partial charge in [0.2, 0.25) is 0 Å². The summed E-state index contributed by atoms with van der Waals surface area (Å²) in [4.78, 5) is 0. The maximum absolute atomic E-state index is 6.19. The fourth-order valence-electron chi connectivity index (χ4n) is 3.69. The molecule has 0 bridgehead atoms. The van der Waals surface area contributed by atoms with E-state index in [0.717, 1.165) is 30.3 Å². The van der Waals surface area contributed by atoms with Gasteiger partial charge in [-0.25, -0.2) is 0 Å². The Hall–Kier alpha value is -0.220. The van der Waals surface area contributed by atoms with Crippen LogP contribution in [0, 0.1) is 5.92 Å². The number of thioether (sulfide) groups is 1. The van der Waals surface area contributed by atoms with E-state index >= 15 is 0 Å². The molecule has 0 saturated carbocycles. The Kier molecular flexibility index (Phi) is 5.15. The van der Waals surface area contributed by atoms with E-state index in [2.05, 4.69) is 30.4 Å². The Morgan fingerprint density at radius 2 is 2.43 bits per heavy atom. The summed E-state index contributed by atoms with van der Waals surface area (Å²) in [6.07, 6.45) is 3.52. The molecule has 2 fully saturated rings. The van der Waals surface area contributed by atoms with Crippen LogP contribution in [0.4, 0.5) is 0 Å². The van der Waals surface area contributed by atoms with E-state index in [1.165, 1.54) is 24.2 Å². The first kappa shape index (κ1) is 15.7. The maximum Gasteiger partial charge on any atom is 0.0783 e. The highest BCUT2D eigenvalue weighted by molar-refractivity contribution is 7.99. The van der Waals surface area contributed by atoms with E-state index in [-0.39, 0.29) is 5.60 Å². The average molecular weight is 326 g/mol. The number of rotatable bonds is 4. The summed E-state index contributed by atoms with van der Waals surface area (Å²) in [6.45, 7) is 4.06. The zero-order chi connectivity index (χ0) is 14.7. The van der Waals surface area contributed by atoms with Crippen LogP contribution in [0.5, 0.6) is 0 Å². The van der Waals surface area contributed by atoms with Gasteiger partial charge in [-0.05, 0) is 55.2 Å². The summed E-state index contributed by atoms with van der Waals surface area (Å²) < 4.78 is 6.17. The Morgan fingerprint density at radius 3 is 3.14 bits per heavy atom. The zero-order valence-electron chi connectivity index (χ0n) is 12.6. The van der Waals surface area contributed by atoms with Crippen molar-refractivity contribution in [2.75, 3.05) is 24.7 Å². The lowest BCUT2D eigenvalue weighted by Gasteiger charge is -2.41. The summed E-state index contributed by atoms with van der Waals surface area (Å²) in [5.41, 5.74) is 1.46. The molecule has 116 valence electrons. The SMILES string of the molecule is CCNC(c1cccc(Cl)c1)C1CCOC2(CCSC2)C1. The fraction of sp³-hybridized carbons (Fsp3) is 0.647. The molecule has 0 amide bonds. The van der Waals surface area contributed by atoms with Crippen LogP contribution in [0.15, 0.2) is 24.3 Å². The Labute approximate surface area is 137 Å². The molecule has 0 aliphatic carbocycles. The van der Waals surface area contributed by atoms with Gasteiger partial charge in [0, 0.05) is 23.4 Å². The molecule has 1 spiro atoms. The predicted molar refractivity (Wildman–Crippen MR) is 91.2 cm³/mol. The molecule has 2 aliphatic heterocycles. The molecule has 3 unspecified atom stereocenters. The van der Waals surface area contributed by atoms with Crippen molar-refractivity contribution in [1.82, 2.24) is 5.32 Å². The molecule has 1 N–H and O–H groups in total. The Bertz CT molecular complexity index is 476. The van der Waals surface area contributed by atoms with Crippen molar-refractivity contribution in [3.63, 3.8) is 0 Å². The van der Waals surface area contributed by atoms with Gasteiger partial charge in [-0.2, -0.15) is 11.8 Å². The van der Waals surface area contributed by atoms with Gasteiger partial charge in [0.1, 0.15) is 0 Å². The van der Waals surface area contributed by atoms with Crippen molar-refractivity contribution < 1.29 is 4.74 Å². The summed E-state index contributed by atoms with van der Waals surface area (Å²) in [7, 11) is 0. The molecule has 21 heavy (non-hydrogen) atoms. The van der Waals surface area contributed by atoms with E-state index in [4.69, 9.17) is 16.3 Å². The molecule has 1 aromatic rings. The molecule has 4 heteroatoms. The van der Waals surface area contributed by atoms with E-state index in [9.17, 15) is 0 Å². The second-order valence-corrected chi connectivity index (χ2v) is 7.72. The first-order chi connectivity index (χ1) is 10.2. The van der Waals surface area contributed by atoms with E-state index < -0.39 is 0 Å². The van der Waals surface area contributed by atoms with Gasteiger partial charge in [0.05, 0.1) is 5.60 Å². The lowest BCUT2D eigenvalue weighted by atomic mass is 9.79. The number of halogens is 1. The highest BCUT2D eigenvalue weighted by Crippen LogP contribution is 2.44. The lowest BCUT2D eigenvalue weighted by Crippen LogP contribution is -2.43. The first-order valence-corrected chi connectivity index (χ1v) is 9.46. The molecular formula is C17H24ClNOS. The van der Waals surface area contributed by atoms with Gasteiger partial charge < -0.3 is 10.1 Å². The summed E-state index contributed by atoms with van der Waals surface area (Å²) in [6, 6.07) is 8.71. The Balaban J connectivity index is 1.80. The van der Waals surface area contributed by atoms with Gasteiger partial charge in [-0.1, -0.05) is 30.7 Å². The molecular weight excluding hydrogens is 302 g/mol. The largest absolute Gasteiger partial charge is 0.374 e. The molecule has 3 rings (SSSR count). The quantitative estimate of drug-likeness (QED) is 0.892. The predicted octanol–water partition coefficient (Wildman–Crippen LogP) is 4.29. The number of ether oxygens (including phenoxy) is 1. The van der Waals surface area contributed by atoms with Crippen molar-refractivity contribution in [1.29, 1.82) is 0 Å². The van der Waals surface area contributed by atoms with Crippen molar-refractivity contribution >= 4 is 23.4 Å². The maximum atomic E-state index is 6.19. The van der Waals surface area contributed by atoms with E-state index in [1.54, 1.807) is 0 Å². The van der Waals surface area contributed by atoms with Gasteiger partial charge >= 0.3 is 0 Å². The minimum atomic E-state index is 0.139. The monoisotopic (exact) mass is 325 g/mol. The third-order valence-corrected chi connectivity index (χ3v) is 6.16. The van der Waals surface area contributed by atoms with Crippen LogP contribution in [0.2, 0.25) is 5.02 Å². The van der Waals surface area contributed by atoms with Crippen LogP contribution >= 0.6 is 23.4 Å². The molecule has 0 aromatic heterocycles. The molecule has 2 aliphatic rings. The second-order valence-electron chi connectivity index (χ2n) is 6.18. The third kappa shape index (κ3) is 3.58. The van der Waals surface area contributed by atoms with Crippen molar-refractivity contribution in [2.45, 2.75) is 37.8 Å². The topological polar surface area (TPSA) is 21.3 Å². The smallest absolute Gasteiger partial charge is 0.0783 e. The Morgan fingerprint density at radius 1 is 1.52 bits per heavy atom. The number of hydrogen-bond acceptors (Lipinski definition) is 3. The summed E-state index contributed by atoms with van der Waals surface area (Å²) >= 11 is 8.23. The van der Waals surface area contributed by atoms with Gasteiger partial charge in [-0.3, -0.25) is 0 Å². The highest BCUT2D eigenvalue weighted by Gasteiger charge is 2.42. The number of hydrogen-bond donors (Lipinski definition) is 1. The standard InChI is InChI=1S/C17H24ClNOS/c1-2-19-16(13-4-3-5-15(18)10-13)14-6-8-20-17(11-14)7-9-21-12-17/h3-5,10,14,16,19H,2,6-9,11-12H2,1H3. The van der Waals surface area contributed by atoms with Crippen LogP contribution in [-0.4, -0.2) is 30.3 Å². The first-order valence-electron chi connectivity index (χ1n) is 7.93. The minimum Gasteiger partial charge on any atom is -0.374 e. The van der Waals surface area contributed by atoms with Gasteiger partial charge in [0.15, 0.2) is 0 Å². The van der Waals surface area contributed by atoms with Crippen molar-refractivity contribution in [3.8, 4) is 0 Å². The number of benzene rings is 1. The minimum absolute atomic E-state index is 0.139. The second kappa shape index (κ2) is 6.91. The van der Waals surface area contributed by atoms with E-state index in [1.807, 2.05) is 17.8 Å². The molecule has 1 aromatic carbocycles. The van der Waals surface area contributed by atoms with Crippen LogP contribution in [0.25, 0.3) is 0 Å². The summed E-state index contributed by atoms with van der Waals surface area (Å²) in [5.74, 6) is 3.05. The molecule has 3 atom stereocenters. The zero-order valence-corrected chi connectivity index (χ0v) is 14.2. The normalized spacial score (nSPS) is 30.7. The van der Waals surface area contributed by atoms with E-state index in [0.29, 0.717) is 12.0 Å². The van der Waals surface area contributed by atoms with Crippen LogP contribution in [0.3, 0.4) is 0 Å². The third-order valence-electron chi connectivity index (χ3n) is 4.70. The van der Waals surface area contributed by atoms with Gasteiger partial charge in [0.25, 0.3) is 0 Å². The number of nitrogens with one attached hydrogen (secondary N) is 1. The summed E-state index contributed by atoms with van der Waals surface area (Å²) in [5, 5.41) is 4.51. The van der Waals surface area contributed by atoms with Crippen molar-refractivity contribution in [2.24, 2.45) is 5.92 Å². The molecule has 2 nitrogen and oxygen atoms in total. The molecule has 2 heterocycles. The van der Waals surface area contributed by atoms with Crippen molar-refractivity contribution in [3.05, 3.63) is 34.9 Å². The molecule has 2 saturated heterocycles.